The van der Waals surface area contributed by atoms with Gasteiger partial charge in [0.2, 0.25) is 0 Å². The lowest BCUT2D eigenvalue weighted by Crippen LogP contribution is -2.32. The van der Waals surface area contributed by atoms with Crippen molar-refractivity contribution in [3.8, 4) is 0 Å². The molecule has 1 aromatic carbocycles. The van der Waals surface area contributed by atoms with E-state index in [2.05, 4.69) is 0 Å². The number of nitrogens with zero attached hydrogens (tertiary/aromatic N) is 1. The van der Waals surface area contributed by atoms with Gasteiger partial charge in [-0.15, -0.1) is 0 Å². The molecule has 1 atom stereocenters. The topological polar surface area (TPSA) is 126 Å². The average molecular weight is 322 g/mol. The van der Waals surface area contributed by atoms with Crippen LogP contribution in [0.2, 0.25) is 0 Å². The number of carboxylic acids is 1. The van der Waals surface area contributed by atoms with Crippen molar-refractivity contribution in [3.05, 3.63) is 36.0 Å². The zero-order valence-electron chi connectivity index (χ0n) is 13.4. The highest BCUT2D eigenvalue weighted by Gasteiger charge is 2.22. The van der Waals surface area contributed by atoms with Crippen LogP contribution >= 0.6 is 0 Å². The predicted octanol–water partition coefficient (Wildman–Crippen LogP) is 1.55. The van der Waals surface area contributed by atoms with Crippen molar-refractivity contribution >= 4 is 23.0 Å². The molecule has 7 heteroatoms. The lowest BCUT2D eigenvalue weighted by Gasteiger charge is -2.19. The van der Waals surface area contributed by atoms with Gasteiger partial charge in [0, 0.05) is 18.0 Å². The fourth-order valence-electron chi connectivity index (χ4n) is 2.20. The Balaban J connectivity index is 0.00000264. The Morgan fingerprint density at radius 2 is 1.91 bits per heavy atom. The third-order valence-corrected chi connectivity index (χ3v) is 3.14. The van der Waals surface area contributed by atoms with Gasteiger partial charge in [0.05, 0.1) is 5.52 Å². The summed E-state index contributed by atoms with van der Waals surface area (Å²) in [4.78, 5) is 23.2. The van der Waals surface area contributed by atoms with E-state index in [0.29, 0.717) is 11.1 Å². The molecule has 7 nitrogen and oxygen atoms in total. The van der Waals surface area contributed by atoms with Gasteiger partial charge >= 0.3 is 12.1 Å². The normalized spacial score (nSPS) is 12.5. The summed E-state index contributed by atoms with van der Waals surface area (Å²) >= 11 is 0. The van der Waals surface area contributed by atoms with Crippen molar-refractivity contribution < 1.29 is 24.9 Å². The summed E-state index contributed by atoms with van der Waals surface area (Å²) < 4.78 is 6.77. The molecule has 0 spiro atoms. The molecule has 5 N–H and O–H groups in total. The smallest absolute Gasteiger partial charge is 0.419 e. The van der Waals surface area contributed by atoms with Crippen LogP contribution in [0.5, 0.6) is 0 Å². The minimum absolute atomic E-state index is 0. The van der Waals surface area contributed by atoms with Crippen LogP contribution in [0.25, 0.3) is 10.9 Å². The van der Waals surface area contributed by atoms with Crippen LogP contribution in [0.3, 0.4) is 0 Å². The lowest BCUT2D eigenvalue weighted by molar-refractivity contribution is -0.138. The molecule has 2 rings (SSSR count). The van der Waals surface area contributed by atoms with E-state index < -0.39 is 23.7 Å². The number of rotatable bonds is 3. The van der Waals surface area contributed by atoms with Crippen LogP contribution in [-0.2, 0) is 16.0 Å². The van der Waals surface area contributed by atoms with Crippen LogP contribution in [0.1, 0.15) is 26.3 Å². The van der Waals surface area contributed by atoms with Gasteiger partial charge in [0.25, 0.3) is 0 Å². The Labute approximate surface area is 134 Å². The van der Waals surface area contributed by atoms with Crippen LogP contribution < -0.4 is 5.73 Å². The highest BCUT2D eigenvalue weighted by Crippen LogP contribution is 2.23. The predicted molar refractivity (Wildman–Crippen MR) is 86.5 cm³/mol. The van der Waals surface area contributed by atoms with E-state index in [1.165, 1.54) is 4.57 Å². The number of hydrogen-bond donors (Lipinski definition) is 2. The molecule has 0 aliphatic carbocycles. The number of carbonyl (C=O) groups is 2. The largest absolute Gasteiger partial charge is 0.480 e. The summed E-state index contributed by atoms with van der Waals surface area (Å²) in [6.07, 6.45) is 1.24. The minimum atomic E-state index is -1.07. The van der Waals surface area contributed by atoms with Crippen molar-refractivity contribution in [2.45, 2.75) is 38.8 Å². The lowest BCUT2D eigenvalue weighted by atomic mass is 10.1. The Kier molecular flexibility index (Phi) is 5.52. The van der Waals surface area contributed by atoms with Crippen LogP contribution in [0, 0.1) is 0 Å². The first-order valence-corrected chi connectivity index (χ1v) is 7.00. The van der Waals surface area contributed by atoms with Gasteiger partial charge in [-0.2, -0.15) is 0 Å². The number of para-hydroxylation sites is 1. The Morgan fingerprint density at radius 3 is 2.48 bits per heavy atom. The molecular formula is C16H22N2O5. The standard InChI is InChI=1S/C16H20N2O4.H2O/c1-16(2,3)22-15(21)18-9-10(8-12(17)14(19)20)11-6-4-5-7-13(11)18;/h4-7,9,12H,8,17H2,1-3H3,(H,19,20);1H2/t12-;/m1./s1. The van der Waals surface area contributed by atoms with Gasteiger partial charge in [-0.25, -0.2) is 4.79 Å². The van der Waals surface area contributed by atoms with Gasteiger partial charge in [-0.1, -0.05) is 18.2 Å². The summed E-state index contributed by atoms with van der Waals surface area (Å²) in [7, 11) is 0. The van der Waals surface area contributed by atoms with Gasteiger partial charge in [-0.3, -0.25) is 9.36 Å². The summed E-state index contributed by atoms with van der Waals surface area (Å²) in [5, 5.41) is 9.76. The Morgan fingerprint density at radius 1 is 1.30 bits per heavy atom. The molecular weight excluding hydrogens is 300 g/mol. The maximum absolute atomic E-state index is 12.3. The molecule has 0 saturated carbocycles. The van der Waals surface area contributed by atoms with Crippen LogP contribution in [0.15, 0.2) is 30.5 Å². The number of ether oxygens (including phenoxy) is 1. The van der Waals surface area contributed by atoms with E-state index in [1.54, 1.807) is 33.0 Å². The maximum atomic E-state index is 12.3. The monoisotopic (exact) mass is 322 g/mol. The first-order valence-electron chi connectivity index (χ1n) is 7.00. The molecule has 0 fully saturated rings. The van der Waals surface area contributed by atoms with E-state index >= 15 is 0 Å². The van der Waals surface area contributed by atoms with Crippen LogP contribution in [0.4, 0.5) is 4.79 Å². The highest BCUT2D eigenvalue weighted by atomic mass is 16.6. The molecule has 0 radical (unpaired) electrons. The van der Waals surface area contributed by atoms with Crippen molar-refractivity contribution in [1.29, 1.82) is 0 Å². The number of aromatic nitrogens is 1. The second kappa shape index (κ2) is 6.80. The van der Waals surface area contributed by atoms with Gasteiger partial charge < -0.3 is 21.1 Å². The number of aliphatic carboxylic acids is 1. The number of carboxylic acid groups (broad SMARTS) is 1. The second-order valence-corrected chi connectivity index (χ2v) is 6.17. The van der Waals surface area contributed by atoms with E-state index in [9.17, 15) is 9.59 Å². The molecule has 23 heavy (non-hydrogen) atoms. The molecule has 0 saturated heterocycles. The molecule has 1 aromatic heterocycles. The average Bonchev–Trinajstić information content (AvgIpc) is 2.76. The molecule has 0 amide bonds. The first-order chi connectivity index (χ1) is 10.2. The Hall–Kier alpha value is -2.38. The van der Waals surface area contributed by atoms with E-state index in [1.807, 2.05) is 18.2 Å². The van der Waals surface area contributed by atoms with E-state index in [0.717, 1.165) is 5.39 Å². The quantitative estimate of drug-likeness (QED) is 0.886. The number of hydrogen-bond acceptors (Lipinski definition) is 4. The SMILES string of the molecule is CC(C)(C)OC(=O)n1cc(C[C@@H](N)C(=O)O)c2ccccc21.O. The zero-order chi connectivity index (χ0) is 16.5. The van der Waals surface area contributed by atoms with Gasteiger partial charge in [-0.05, 0) is 32.4 Å². The molecule has 1 heterocycles. The molecule has 0 aliphatic heterocycles. The summed E-state index contributed by atoms with van der Waals surface area (Å²) in [5.74, 6) is -1.07. The molecule has 126 valence electrons. The fourth-order valence-corrected chi connectivity index (χ4v) is 2.20. The number of carbonyl (C=O) groups excluding carboxylic acids is 1. The van der Waals surface area contributed by atoms with Crippen LogP contribution in [-0.4, -0.2) is 38.9 Å². The molecule has 2 aromatic rings. The summed E-state index contributed by atoms with van der Waals surface area (Å²) in [6.45, 7) is 5.37. The number of nitrogens with two attached hydrogens (primary N) is 1. The van der Waals surface area contributed by atoms with Crippen molar-refractivity contribution in [2.24, 2.45) is 5.73 Å². The van der Waals surface area contributed by atoms with Gasteiger partial charge in [0.1, 0.15) is 11.6 Å². The first kappa shape index (κ1) is 18.7. The van der Waals surface area contributed by atoms with E-state index in [4.69, 9.17) is 15.6 Å². The van der Waals surface area contributed by atoms with Crippen molar-refractivity contribution in [1.82, 2.24) is 4.57 Å². The second-order valence-electron chi connectivity index (χ2n) is 6.17. The molecule has 0 bridgehead atoms. The highest BCUT2D eigenvalue weighted by molar-refractivity contribution is 5.92. The number of fused-ring (bicyclic) bond motifs is 1. The summed E-state index contributed by atoms with van der Waals surface area (Å²) in [6, 6.07) is 6.24. The molecule has 0 aliphatic rings. The summed E-state index contributed by atoms with van der Waals surface area (Å²) in [5.41, 5.74) is 6.37. The van der Waals surface area contributed by atoms with Gasteiger partial charge in [0.15, 0.2) is 0 Å². The van der Waals surface area contributed by atoms with Crippen molar-refractivity contribution in [2.75, 3.05) is 0 Å². The fraction of sp³-hybridized carbons (Fsp3) is 0.375. The minimum Gasteiger partial charge on any atom is -0.480 e. The van der Waals surface area contributed by atoms with E-state index in [-0.39, 0.29) is 11.9 Å². The zero-order valence-corrected chi connectivity index (χ0v) is 13.4. The Bertz CT molecular complexity index is 715. The maximum Gasteiger partial charge on any atom is 0.419 e. The number of benzene rings is 1. The third kappa shape index (κ3) is 4.30. The molecule has 0 unspecified atom stereocenters. The third-order valence-electron chi connectivity index (χ3n) is 3.14. The van der Waals surface area contributed by atoms with Crippen molar-refractivity contribution in [3.63, 3.8) is 0 Å².